The standard InChI is InChI=1S/C3H11N5/c4-2-6-1-7-3(5)8-2/h2-3,6-8H,1,4-5H2. The van der Waals surface area contributed by atoms with E-state index < -0.39 is 0 Å². The maximum atomic E-state index is 5.38. The molecule has 5 heteroatoms. The second-order valence-electron chi connectivity index (χ2n) is 1.71. The molecule has 2 atom stereocenters. The van der Waals surface area contributed by atoms with Gasteiger partial charge in [-0.1, -0.05) is 0 Å². The molecule has 1 aliphatic heterocycles. The van der Waals surface area contributed by atoms with Crippen LogP contribution in [-0.4, -0.2) is 19.2 Å². The molecule has 1 saturated heterocycles. The number of nitrogens with two attached hydrogens (primary N) is 2. The lowest BCUT2D eigenvalue weighted by molar-refractivity contribution is 0.270. The first-order valence-electron chi connectivity index (χ1n) is 2.53. The predicted molar refractivity (Wildman–Crippen MR) is 30.2 cm³/mol. The molecule has 7 N–H and O–H groups in total. The Morgan fingerprint density at radius 3 is 1.88 bits per heavy atom. The second-order valence-corrected chi connectivity index (χ2v) is 1.71. The minimum Gasteiger partial charge on any atom is -0.303 e. The van der Waals surface area contributed by atoms with E-state index in [2.05, 4.69) is 16.0 Å². The first-order valence-corrected chi connectivity index (χ1v) is 2.53. The third-order valence-electron chi connectivity index (χ3n) is 1.00. The van der Waals surface area contributed by atoms with Crippen molar-refractivity contribution in [2.24, 2.45) is 11.5 Å². The van der Waals surface area contributed by atoms with Crippen LogP contribution >= 0.6 is 0 Å². The lowest BCUT2D eigenvalue weighted by Gasteiger charge is -2.27. The highest BCUT2D eigenvalue weighted by atomic mass is 15.4. The molecule has 0 aromatic carbocycles. The Balaban J connectivity index is 2.23. The van der Waals surface area contributed by atoms with Crippen molar-refractivity contribution in [3.63, 3.8) is 0 Å². The predicted octanol–water partition coefficient (Wildman–Crippen LogP) is -2.79. The summed E-state index contributed by atoms with van der Waals surface area (Å²) in [6.07, 6.45) is -0.350. The first kappa shape index (κ1) is 5.93. The Bertz CT molecular complexity index is 66.1. The van der Waals surface area contributed by atoms with Crippen LogP contribution in [0.25, 0.3) is 0 Å². The van der Waals surface area contributed by atoms with Crippen molar-refractivity contribution in [3.05, 3.63) is 0 Å². The summed E-state index contributed by atoms with van der Waals surface area (Å²) in [4.78, 5) is 0. The van der Waals surface area contributed by atoms with Crippen LogP contribution < -0.4 is 27.4 Å². The number of hydrogen-bond acceptors (Lipinski definition) is 5. The molecule has 5 nitrogen and oxygen atoms in total. The molecule has 1 aliphatic rings. The maximum absolute atomic E-state index is 5.38. The molecule has 0 aliphatic carbocycles. The van der Waals surface area contributed by atoms with Gasteiger partial charge in [0.25, 0.3) is 0 Å². The lowest BCUT2D eigenvalue weighted by atomic mass is 10.6. The van der Waals surface area contributed by atoms with Crippen LogP contribution in [0.5, 0.6) is 0 Å². The monoisotopic (exact) mass is 117 g/mol. The van der Waals surface area contributed by atoms with Crippen LogP contribution in [0, 0.1) is 0 Å². The van der Waals surface area contributed by atoms with Gasteiger partial charge in [-0.3, -0.25) is 16.0 Å². The Morgan fingerprint density at radius 2 is 1.62 bits per heavy atom. The topological polar surface area (TPSA) is 88.1 Å². The summed E-state index contributed by atoms with van der Waals surface area (Å²) in [6.45, 7) is 0.662. The van der Waals surface area contributed by atoms with Crippen LogP contribution in [0.15, 0.2) is 0 Å². The van der Waals surface area contributed by atoms with E-state index in [-0.39, 0.29) is 12.6 Å². The summed E-state index contributed by atoms with van der Waals surface area (Å²) in [5, 5.41) is 8.59. The molecular formula is C3H11N5. The van der Waals surface area contributed by atoms with Crippen molar-refractivity contribution in [2.75, 3.05) is 6.67 Å². The normalized spacial score (nSPS) is 39.8. The first-order chi connectivity index (χ1) is 3.79. The zero-order valence-corrected chi connectivity index (χ0v) is 4.52. The van der Waals surface area contributed by atoms with Crippen molar-refractivity contribution in [2.45, 2.75) is 12.6 Å². The molecule has 2 unspecified atom stereocenters. The summed E-state index contributed by atoms with van der Waals surface area (Å²) in [5.41, 5.74) is 10.8. The van der Waals surface area contributed by atoms with Gasteiger partial charge >= 0.3 is 0 Å². The maximum Gasteiger partial charge on any atom is 0.112 e. The van der Waals surface area contributed by atoms with Crippen molar-refractivity contribution in [1.29, 1.82) is 0 Å². The van der Waals surface area contributed by atoms with Gasteiger partial charge in [0.2, 0.25) is 0 Å². The van der Waals surface area contributed by atoms with Crippen molar-refractivity contribution in [1.82, 2.24) is 16.0 Å². The Kier molecular flexibility index (Phi) is 1.77. The average molecular weight is 117 g/mol. The van der Waals surface area contributed by atoms with Crippen LogP contribution in [0.4, 0.5) is 0 Å². The highest BCUT2D eigenvalue weighted by Gasteiger charge is 2.10. The van der Waals surface area contributed by atoms with Gasteiger partial charge in [0, 0.05) is 0 Å². The third kappa shape index (κ3) is 1.39. The Labute approximate surface area is 47.8 Å². The Hall–Kier alpha value is -0.200. The van der Waals surface area contributed by atoms with E-state index in [0.717, 1.165) is 0 Å². The van der Waals surface area contributed by atoms with Gasteiger partial charge in [0.05, 0.1) is 6.67 Å². The van der Waals surface area contributed by atoms with E-state index in [9.17, 15) is 0 Å². The summed E-state index contributed by atoms with van der Waals surface area (Å²) in [6, 6.07) is 0. The molecule has 0 amide bonds. The van der Waals surface area contributed by atoms with Crippen molar-refractivity contribution < 1.29 is 0 Å². The average Bonchev–Trinajstić information content (AvgIpc) is 1.64. The smallest absolute Gasteiger partial charge is 0.112 e. The molecule has 1 fully saturated rings. The molecule has 0 spiro atoms. The molecule has 0 radical (unpaired) electrons. The van der Waals surface area contributed by atoms with Crippen LogP contribution in [0.1, 0.15) is 0 Å². The molecule has 1 heterocycles. The van der Waals surface area contributed by atoms with Crippen LogP contribution in [-0.2, 0) is 0 Å². The minimum absolute atomic E-state index is 0.175. The number of nitrogens with one attached hydrogen (secondary N) is 3. The van der Waals surface area contributed by atoms with E-state index in [4.69, 9.17) is 11.5 Å². The van der Waals surface area contributed by atoms with Gasteiger partial charge in [-0.25, -0.2) is 0 Å². The summed E-state index contributed by atoms with van der Waals surface area (Å²) in [7, 11) is 0. The van der Waals surface area contributed by atoms with Gasteiger partial charge in [-0.2, -0.15) is 0 Å². The van der Waals surface area contributed by atoms with Gasteiger partial charge in [-0.15, -0.1) is 0 Å². The fourth-order valence-electron chi connectivity index (χ4n) is 0.590. The zero-order chi connectivity index (χ0) is 5.98. The zero-order valence-electron chi connectivity index (χ0n) is 4.52. The van der Waals surface area contributed by atoms with E-state index in [1.54, 1.807) is 0 Å². The van der Waals surface area contributed by atoms with Gasteiger partial charge in [-0.05, 0) is 0 Å². The van der Waals surface area contributed by atoms with E-state index in [0.29, 0.717) is 6.67 Å². The van der Waals surface area contributed by atoms with E-state index in [1.807, 2.05) is 0 Å². The molecule has 0 bridgehead atoms. The SMILES string of the molecule is NC1NCNC(N)N1. The summed E-state index contributed by atoms with van der Waals surface area (Å²) in [5.74, 6) is 0. The van der Waals surface area contributed by atoms with Gasteiger partial charge in [0.15, 0.2) is 0 Å². The molecule has 8 heavy (non-hydrogen) atoms. The summed E-state index contributed by atoms with van der Waals surface area (Å²) < 4.78 is 0. The van der Waals surface area contributed by atoms with E-state index >= 15 is 0 Å². The van der Waals surface area contributed by atoms with Crippen LogP contribution in [0.2, 0.25) is 0 Å². The molecule has 1 rings (SSSR count). The van der Waals surface area contributed by atoms with E-state index in [1.165, 1.54) is 0 Å². The van der Waals surface area contributed by atoms with Crippen molar-refractivity contribution in [3.8, 4) is 0 Å². The van der Waals surface area contributed by atoms with Crippen LogP contribution in [0.3, 0.4) is 0 Å². The molecule has 48 valence electrons. The molecule has 0 aromatic rings. The third-order valence-corrected chi connectivity index (χ3v) is 1.00. The fraction of sp³-hybridized carbons (Fsp3) is 1.00. The Morgan fingerprint density at radius 1 is 1.12 bits per heavy atom. The molecule has 0 saturated carbocycles. The largest absolute Gasteiger partial charge is 0.303 e. The van der Waals surface area contributed by atoms with Gasteiger partial charge in [0.1, 0.15) is 12.6 Å². The second kappa shape index (κ2) is 2.38. The molecular weight excluding hydrogens is 106 g/mol. The lowest BCUT2D eigenvalue weighted by Crippen LogP contribution is -2.68. The quantitative estimate of drug-likeness (QED) is 0.237. The number of rotatable bonds is 0. The number of hydrogen-bond donors (Lipinski definition) is 5. The van der Waals surface area contributed by atoms with Crippen molar-refractivity contribution >= 4 is 0 Å². The fourth-order valence-corrected chi connectivity index (χ4v) is 0.590. The molecule has 0 aromatic heterocycles. The van der Waals surface area contributed by atoms with Gasteiger partial charge < -0.3 is 11.5 Å². The highest BCUT2D eigenvalue weighted by Crippen LogP contribution is 1.72. The minimum atomic E-state index is -0.175. The summed E-state index contributed by atoms with van der Waals surface area (Å²) >= 11 is 0. The highest BCUT2D eigenvalue weighted by molar-refractivity contribution is 4.66.